The van der Waals surface area contributed by atoms with Crippen LogP contribution >= 0.6 is 11.8 Å². The lowest BCUT2D eigenvalue weighted by molar-refractivity contribution is -0.121. The quantitative estimate of drug-likeness (QED) is 0.713. The van der Waals surface area contributed by atoms with Gasteiger partial charge in [-0.2, -0.15) is 0 Å². The van der Waals surface area contributed by atoms with Crippen LogP contribution in [0.2, 0.25) is 0 Å². The first kappa shape index (κ1) is 17.9. The molecule has 2 heterocycles. The molecule has 0 unspecified atom stereocenters. The van der Waals surface area contributed by atoms with Gasteiger partial charge in [0, 0.05) is 25.8 Å². The molecule has 2 aromatic rings. The maximum absolute atomic E-state index is 12.6. The van der Waals surface area contributed by atoms with Gasteiger partial charge in [-0.15, -0.1) is 0 Å². The molecule has 0 bridgehead atoms. The third-order valence-electron chi connectivity index (χ3n) is 4.90. The van der Waals surface area contributed by atoms with Crippen molar-refractivity contribution in [1.82, 2.24) is 4.90 Å². The fraction of sp³-hybridized carbons (Fsp3) is 0.273. The van der Waals surface area contributed by atoms with Crippen LogP contribution in [0.3, 0.4) is 0 Å². The highest BCUT2D eigenvalue weighted by Crippen LogP contribution is 2.33. The number of hydrogen-bond donors (Lipinski definition) is 0. The second-order valence-electron chi connectivity index (χ2n) is 6.84. The number of aliphatic imine (C=N–C) groups is 1. The third kappa shape index (κ3) is 4.08. The number of piperidine rings is 1. The van der Waals surface area contributed by atoms with Gasteiger partial charge in [0.2, 0.25) is 0 Å². The summed E-state index contributed by atoms with van der Waals surface area (Å²) in [7, 11) is 1.78. The predicted molar refractivity (Wildman–Crippen MR) is 114 cm³/mol. The van der Waals surface area contributed by atoms with Crippen LogP contribution in [0.1, 0.15) is 24.8 Å². The molecule has 27 heavy (non-hydrogen) atoms. The molecule has 0 atom stereocenters. The van der Waals surface area contributed by atoms with Crippen LogP contribution in [0.15, 0.2) is 64.5 Å². The monoisotopic (exact) mass is 377 g/mol. The molecule has 2 aliphatic heterocycles. The Bertz CT molecular complexity index is 868. The van der Waals surface area contributed by atoms with Crippen LogP contribution in [0.25, 0.3) is 6.08 Å². The van der Waals surface area contributed by atoms with Gasteiger partial charge in [0.25, 0.3) is 5.91 Å². The molecule has 0 radical (unpaired) electrons. The molecule has 5 heteroatoms. The first-order valence-corrected chi connectivity index (χ1v) is 10.2. The lowest BCUT2D eigenvalue weighted by Gasteiger charge is -2.28. The van der Waals surface area contributed by atoms with E-state index in [-0.39, 0.29) is 5.91 Å². The molecule has 1 amide bonds. The van der Waals surface area contributed by atoms with Crippen LogP contribution < -0.4 is 4.90 Å². The van der Waals surface area contributed by atoms with Gasteiger partial charge in [-0.25, -0.2) is 4.99 Å². The van der Waals surface area contributed by atoms with E-state index in [1.807, 2.05) is 36.4 Å². The first-order valence-electron chi connectivity index (χ1n) is 9.37. The minimum absolute atomic E-state index is 0.00483. The predicted octanol–water partition coefficient (Wildman–Crippen LogP) is 4.91. The summed E-state index contributed by atoms with van der Waals surface area (Å²) in [6, 6.07) is 18.2. The number of likely N-dealkylation sites (N-methyl/N-ethyl adjacent to an activating group) is 1. The molecule has 0 saturated carbocycles. The van der Waals surface area contributed by atoms with Gasteiger partial charge < -0.3 is 4.90 Å². The molecule has 4 nitrogen and oxygen atoms in total. The van der Waals surface area contributed by atoms with Crippen molar-refractivity contribution in [3.63, 3.8) is 0 Å². The topological polar surface area (TPSA) is 35.9 Å². The normalized spacial score (nSPS) is 20.7. The van der Waals surface area contributed by atoms with Crippen molar-refractivity contribution in [3.05, 3.63) is 65.1 Å². The van der Waals surface area contributed by atoms with Gasteiger partial charge >= 0.3 is 0 Å². The largest absolute Gasteiger partial charge is 0.372 e. The van der Waals surface area contributed by atoms with Gasteiger partial charge in [0.15, 0.2) is 5.17 Å². The number of amidine groups is 1. The minimum Gasteiger partial charge on any atom is -0.372 e. The fourth-order valence-corrected chi connectivity index (χ4v) is 4.34. The molecule has 2 fully saturated rings. The molecule has 138 valence electrons. The zero-order chi connectivity index (χ0) is 18.6. The molecule has 0 spiro atoms. The Kier molecular flexibility index (Phi) is 5.30. The minimum atomic E-state index is -0.00483. The van der Waals surface area contributed by atoms with Crippen molar-refractivity contribution < 1.29 is 4.79 Å². The Hall–Kier alpha value is -2.53. The Morgan fingerprint density at radius 3 is 2.37 bits per heavy atom. The SMILES string of the molecule is CN1C(=O)/C(=C/c2ccc(N3CCCCC3)cc2)SC1=Nc1ccccc1. The summed E-state index contributed by atoms with van der Waals surface area (Å²) in [4.78, 5) is 21.9. The number of benzene rings is 2. The van der Waals surface area contributed by atoms with Crippen LogP contribution in [0, 0.1) is 0 Å². The second-order valence-corrected chi connectivity index (χ2v) is 7.85. The van der Waals surface area contributed by atoms with Crippen LogP contribution in [-0.4, -0.2) is 36.1 Å². The van der Waals surface area contributed by atoms with E-state index in [0.717, 1.165) is 24.3 Å². The van der Waals surface area contributed by atoms with E-state index >= 15 is 0 Å². The third-order valence-corrected chi connectivity index (χ3v) is 5.96. The molecule has 4 rings (SSSR count). The summed E-state index contributed by atoms with van der Waals surface area (Å²) in [5.41, 5.74) is 3.17. The number of carbonyl (C=O) groups is 1. The molecule has 2 aliphatic rings. The fourth-order valence-electron chi connectivity index (χ4n) is 3.35. The Morgan fingerprint density at radius 2 is 1.67 bits per heavy atom. The zero-order valence-electron chi connectivity index (χ0n) is 15.5. The first-order chi connectivity index (χ1) is 13.2. The van der Waals surface area contributed by atoms with Crippen molar-refractivity contribution in [1.29, 1.82) is 0 Å². The molecule has 2 saturated heterocycles. The van der Waals surface area contributed by atoms with E-state index in [2.05, 4.69) is 34.2 Å². The lowest BCUT2D eigenvalue weighted by atomic mass is 10.1. The number of thioether (sulfide) groups is 1. The van der Waals surface area contributed by atoms with E-state index < -0.39 is 0 Å². The van der Waals surface area contributed by atoms with Crippen LogP contribution in [-0.2, 0) is 4.79 Å². The molecular formula is C22H23N3OS. The molecular weight excluding hydrogens is 354 g/mol. The van der Waals surface area contributed by atoms with E-state index in [1.54, 1.807) is 11.9 Å². The Balaban J connectivity index is 1.51. The zero-order valence-corrected chi connectivity index (χ0v) is 16.3. The molecule has 0 aliphatic carbocycles. The Labute approximate surface area is 164 Å². The number of carbonyl (C=O) groups excluding carboxylic acids is 1. The Morgan fingerprint density at radius 1 is 0.963 bits per heavy atom. The molecule has 0 aromatic heterocycles. The van der Waals surface area contributed by atoms with Crippen LogP contribution in [0.4, 0.5) is 11.4 Å². The lowest BCUT2D eigenvalue weighted by Crippen LogP contribution is -2.29. The van der Waals surface area contributed by atoms with E-state index in [4.69, 9.17) is 0 Å². The van der Waals surface area contributed by atoms with Gasteiger partial charge in [-0.05, 0) is 66.9 Å². The number of rotatable bonds is 3. The van der Waals surface area contributed by atoms with Crippen molar-refractivity contribution in [3.8, 4) is 0 Å². The summed E-state index contributed by atoms with van der Waals surface area (Å²) >= 11 is 1.43. The maximum Gasteiger partial charge on any atom is 0.266 e. The van der Waals surface area contributed by atoms with Gasteiger partial charge in [0.1, 0.15) is 0 Å². The van der Waals surface area contributed by atoms with Crippen molar-refractivity contribution >= 4 is 40.3 Å². The van der Waals surface area contributed by atoms with E-state index in [0.29, 0.717) is 10.1 Å². The van der Waals surface area contributed by atoms with Gasteiger partial charge in [-0.3, -0.25) is 9.69 Å². The highest BCUT2D eigenvalue weighted by atomic mass is 32.2. The summed E-state index contributed by atoms with van der Waals surface area (Å²) in [6.07, 6.45) is 5.83. The second kappa shape index (κ2) is 8.01. The van der Waals surface area contributed by atoms with Gasteiger partial charge in [0.05, 0.1) is 10.6 Å². The number of nitrogens with zero attached hydrogens (tertiary/aromatic N) is 3. The summed E-state index contributed by atoms with van der Waals surface area (Å²) in [5.74, 6) is -0.00483. The average Bonchev–Trinajstić information content (AvgIpc) is 2.98. The maximum atomic E-state index is 12.6. The smallest absolute Gasteiger partial charge is 0.266 e. The summed E-state index contributed by atoms with van der Waals surface area (Å²) < 4.78 is 0. The van der Waals surface area contributed by atoms with E-state index in [1.165, 1.54) is 36.7 Å². The van der Waals surface area contributed by atoms with Crippen LogP contribution in [0.5, 0.6) is 0 Å². The highest BCUT2D eigenvalue weighted by Gasteiger charge is 2.30. The van der Waals surface area contributed by atoms with Crippen molar-refractivity contribution in [2.45, 2.75) is 19.3 Å². The number of anilines is 1. The van der Waals surface area contributed by atoms with Crippen molar-refractivity contribution in [2.24, 2.45) is 4.99 Å². The van der Waals surface area contributed by atoms with Crippen molar-refractivity contribution in [2.75, 3.05) is 25.0 Å². The number of hydrogen-bond acceptors (Lipinski definition) is 4. The van der Waals surface area contributed by atoms with Gasteiger partial charge in [-0.1, -0.05) is 30.3 Å². The van der Waals surface area contributed by atoms with E-state index in [9.17, 15) is 4.79 Å². The highest BCUT2D eigenvalue weighted by molar-refractivity contribution is 8.18. The number of amides is 1. The summed E-state index contributed by atoms with van der Waals surface area (Å²) in [6.45, 7) is 2.28. The summed E-state index contributed by atoms with van der Waals surface area (Å²) in [5, 5.41) is 0.711. The molecule has 0 N–H and O–H groups in total. The average molecular weight is 378 g/mol. The number of para-hydroxylation sites is 1. The molecule has 2 aromatic carbocycles. The standard InChI is InChI=1S/C22H23N3OS/c1-24-21(26)20(27-22(24)23-18-8-4-2-5-9-18)16-17-10-12-19(13-11-17)25-14-6-3-7-15-25/h2,4-5,8-13,16H,3,6-7,14-15H2,1H3/b20-16-,23-22?.